The number of hydrogen-bond acceptors (Lipinski definition) is 4. The third-order valence-corrected chi connectivity index (χ3v) is 3.14. The summed E-state index contributed by atoms with van der Waals surface area (Å²) in [7, 11) is 1.55. The highest BCUT2D eigenvalue weighted by molar-refractivity contribution is 6.31. The molecule has 1 rings (SSSR count). The number of rotatable bonds is 7. The lowest BCUT2D eigenvalue weighted by atomic mass is 10.2. The molecule has 130 valence electrons. The van der Waals surface area contributed by atoms with E-state index in [1.807, 2.05) is 0 Å². The Kier molecular flexibility index (Phi) is 7.55. The van der Waals surface area contributed by atoms with Crippen molar-refractivity contribution in [2.24, 2.45) is 0 Å². The molecule has 0 aliphatic rings. The Labute approximate surface area is 142 Å². The van der Waals surface area contributed by atoms with Gasteiger partial charge in [-0.1, -0.05) is 11.6 Å². The maximum Gasteiger partial charge on any atom is 0.417 e. The highest BCUT2D eigenvalue weighted by atomic mass is 35.5. The van der Waals surface area contributed by atoms with Crippen LogP contribution in [0, 0.1) is 11.3 Å². The van der Waals surface area contributed by atoms with Crippen molar-refractivity contribution in [3.8, 4) is 6.07 Å². The number of alkyl halides is 3. The van der Waals surface area contributed by atoms with E-state index in [1.54, 1.807) is 13.2 Å². The van der Waals surface area contributed by atoms with Crippen LogP contribution >= 0.6 is 11.6 Å². The summed E-state index contributed by atoms with van der Waals surface area (Å²) in [5.74, 6) is -0.827. The van der Waals surface area contributed by atoms with E-state index in [9.17, 15) is 18.0 Å². The normalized spacial score (nSPS) is 11.8. The number of methoxy groups -OCH3 is 1. The maximum absolute atomic E-state index is 12.8. The number of anilines is 1. The predicted octanol–water partition coefficient (Wildman–Crippen LogP) is 3.33. The molecule has 2 N–H and O–H groups in total. The van der Waals surface area contributed by atoms with Crippen molar-refractivity contribution in [3.63, 3.8) is 0 Å². The highest BCUT2D eigenvalue weighted by Crippen LogP contribution is 2.36. The fourth-order valence-electron chi connectivity index (χ4n) is 1.66. The summed E-state index contributed by atoms with van der Waals surface area (Å²) >= 11 is 5.50. The molecule has 0 aromatic heterocycles. The average molecular weight is 362 g/mol. The molecule has 0 heterocycles. The molecular formula is C15H15ClF3N3O2. The van der Waals surface area contributed by atoms with Gasteiger partial charge >= 0.3 is 6.18 Å². The van der Waals surface area contributed by atoms with Crippen LogP contribution in [0.5, 0.6) is 0 Å². The van der Waals surface area contributed by atoms with E-state index in [0.717, 1.165) is 6.07 Å². The summed E-state index contributed by atoms with van der Waals surface area (Å²) in [5.41, 5.74) is -1.45. The second-order valence-corrected chi connectivity index (χ2v) is 5.02. The van der Waals surface area contributed by atoms with Gasteiger partial charge in [0.25, 0.3) is 5.91 Å². The van der Waals surface area contributed by atoms with E-state index < -0.39 is 22.7 Å². The molecule has 0 radical (unpaired) electrons. The largest absolute Gasteiger partial charge is 0.417 e. The van der Waals surface area contributed by atoms with Crippen LogP contribution in [0.4, 0.5) is 18.9 Å². The summed E-state index contributed by atoms with van der Waals surface area (Å²) in [6.45, 7) is 0.991. The number of benzene rings is 1. The van der Waals surface area contributed by atoms with Crippen molar-refractivity contribution in [1.82, 2.24) is 5.32 Å². The fraction of sp³-hybridized carbons (Fsp3) is 0.333. The molecule has 0 spiro atoms. The number of carbonyl (C=O) groups excluding carboxylic acids is 1. The fourth-order valence-corrected chi connectivity index (χ4v) is 1.88. The van der Waals surface area contributed by atoms with E-state index in [2.05, 4.69) is 10.6 Å². The molecule has 0 aliphatic heterocycles. The lowest BCUT2D eigenvalue weighted by molar-refractivity contribution is -0.137. The van der Waals surface area contributed by atoms with Crippen molar-refractivity contribution in [1.29, 1.82) is 5.26 Å². The van der Waals surface area contributed by atoms with E-state index in [0.29, 0.717) is 25.6 Å². The third kappa shape index (κ3) is 6.10. The molecule has 24 heavy (non-hydrogen) atoms. The molecule has 1 aromatic rings. The Morgan fingerprint density at radius 2 is 2.17 bits per heavy atom. The van der Waals surface area contributed by atoms with Crippen molar-refractivity contribution in [2.75, 3.05) is 25.6 Å². The number of nitriles is 1. The molecule has 5 nitrogen and oxygen atoms in total. The van der Waals surface area contributed by atoms with E-state index >= 15 is 0 Å². The lowest BCUT2D eigenvalue weighted by Crippen LogP contribution is -2.18. The Morgan fingerprint density at radius 3 is 2.75 bits per heavy atom. The molecule has 0 saturated carbocycles. The number of hydrogen-bond donors (Lipinski definition) is 2. The summed E-state index contributed by atoms with van der Waals surface area (Å²) in [6, 6.07) is 4.63. The summed E-state index contributed by atoms with van der Waals surface area (Å²) in [4.78, 5) is 11.9. The third-order valence-electron chi connectivity index (χ3n) is 2.81. The minimum Gasteiger partial charge on any atom is -0.390 e. The van der Waals surface area contributed by atoms with Gasteiger partial charge in [0.15, 0.2) is 0 Å². The van der Waals surface area contributed by atoms with Crippen LogP contribution in [0.3, 0.4) is 0 Å². The van der Waals surface area contributed by atoms with Gasteiger partial charge in [0.2, 0.25) is 0 Å². The molecule has 0 aliphatic carbocycles. The number of nitrogens with zero attached hydrogens (tertiary/aromatic N) is 1. The minimum absolute atomic E-state index is 0.114. The zero-order chi connectivity index (χ0) is 18.2. The Bertz CT molecular complexity index is 654. The van der Waals surface area contributed by atoms with Crippen molar-refractivity contribution in [3.05, 3.63) is 40.6 Å². The van der Waals surface area contributed by atoms with Gasteiger partial charge in [-0.2, -0.15) is 18.4 Å². The Morgan fingerprint density at radius 1 is 1.46 bits per heavy atom. The smallest absolute Gasteiger partial charge is 0.390 e. The molecule has 9 heteroatoms. The van der Waals surface area contributed by atoms with Gasteiger partial charge in [-0.15, -0.1) is 0 Å². The number of nitrogens with one attached hydrogen (secondary N) is 2. The second kappa shape index (κ2) is 9.15. The standard InChI is InChI=1S/C15H15ClF3N3O2/c1-24-6-2-5-21-9-10(8-20)14(23)22-11-3-4-13(16)12(7-11)15(17,18)19/h3-4,7,9,21H,2,5-6H2,1H3,(H,22,23)/b10-9-. The molecule has 0 fully saturated rings. The van der Waals surface area contributed by atoms with Gasteiger partial charge < -0.3 is 15.4 Å². The van der Waals surface area contributed by atoms with Crippen LogP contribution in [-0.4, -0.2) is 26.2 Å². The van der Waals surface area contributed by atoms with E-state index in [-0.39, 0.29) is 11.3 Å². The zero-order valence-corrected chi connectivity index (χ0v) is 13.5. The van der Waals surface area contributed by atoms with Gasteiger partial charge in [-0.3, -0.25) is 4.79 Å². The van der Waals surface area contributed by atoms with Gasteiger partial charge in [0.1, 0.15) is 11.6 Å². The number of amides is 1. The monoisotopic (exact) mass is 361 g/mol. The molecule has 0 atom stereocenters. The molecule has 1 aromatic carbocycles. The summed E-state index contributed by atoms with van der Waals surface area (Å²) < 4.78 is 43.2. The van der Waals surface area contributed by atoms with Crippen LogP contribution in [0.15, 0.2) is 30.0 Å². The highest BCUT2D eigenvalue weighted by Gasteiger charge is 2.33. The SMILES string of the molecule is COCCCN/C=C(/C#N)C(=O)Nc1ccc(Cl)c(C(F)(F)F)c1. The molecule has 1 amide bonds. The van der Waals surface area contributed by atoms with Crippen LogP contribution in [0.2, 0.25) is 5.02 Å². The van der Waals surface area contributed by atoms with Gasteiger partial charge in [0.05, 0.1) is 10.6 Å². The van der Waals surface area contributed by atoms with Crippen LogP contribution < -0.4 is 10.6 Å². The zero-order valence-electron chi connectivity index (χ0n) is 12.7. The molecular weight excluding hydrogens is 347 g/mol. The number of halogens is 4. The summed E-state index contributed by atoms with van der Waals surface area (Å²) in [5, 5.41) is 13.5. The van der Waals surface area contributed by atoms with Crippen LogP contribution in [-0.2, 0) is 15.7 Å². The van der Waals surface area contributed by atoms with Crippen LogP contribution in [0.25, 0.3) is 0 Å². The van der Waals surface area contributed by atoms with Gasteiger partial charge in [-0.25, -0.2) is 0 Å². The molecule has 0 bridgehead atoms. The van der Waals surface area contributed by atoms with Gasteiger partial charge in [-0.05, 0) is 24.6 Å². The minimum atomic E-state index is -4.64. The molecule has 0 saturated heterocycles. The average Bonchev–Trinajstić information content (AvgIpc) is 2.51. The van der Waals surface area contributed by atoms with Crippen LogP contribution in [0.1, 0.15) is 12.0 Å². The second-order valence-electron chi connectivity index (χ2n) is 4.62. The lowest BCUT2D eigenvalue weighted by Gasteiger charge is -2.11. The molecule has 0 unspecified atom stereocenters. The van der Waals surface area contributed by atoms with Crippen molar-refractivity contribution >= 4 is 23.2 Å². The number of ether oxygens (including phenoxy) is 1. The summed E-state index contributed by atoms with van der Waals surface area (Å²) in [6.07, 6.45) is -2.78. The van der Waals surface area contributed by atoms with Crippen molar-refractivity contribution in [2.45, 2.75) is 12.6 Å². The maximum atomic E-state index is 12.8. The first kappa shape index (κ1) is 19.8. The van der Waals surface area contributed by atoms with Crippen molar-refractivity contribution < 1.29 is 22.7 Å². The Balaban J connectivity index is 2.79. The van der Waals surface area contributed by atoms with E-state index in [4.69, 9.17) is 21.6 Å². The predicted molar refractivity (Wildman–Crippen MR) is 83.3 cm³/mol. The Hall–Kier alpha value is -2.24. The topological polar surface area (TPSA) is 74.1 Å². The quantitative estimate of drug-likeness (QED) is 0.444. The van der Waals surface area contributed by atoms with E-state index in [1.165, 1.54) is 12.3 Å². The van der Waals surface area contributed by atoms with Gasteiger partial charge in [0, 0.05) is 32.1 Å². The number of carbonyl (C=O) groups is 1. The first-order valence-corrected chi connectivity index (χ1v) is 7.18. The first-order valence-electron chi connectivity index (χ1n) is 6.80. The first-order chi connectivity index (χ1) is 11.3.